The van der Waals surface area contributed by atoms with E-state index in [4.69, 9.17) is 21.1 Å². The maximum absolute atomic E-state index is 11.5. The number of rotatable bonds is 4. The van der Waals surface area contributed by atoms with Gasteiger partial charge in [-0.15, -0.1) is 11.6 Å². The van der Waals surface area contributed by atoms with Gasteiger partial charge in [0, 0.05) is 6.61 Å². The molecule has 0 saturated carbocycles. The van der Waals surface area contributed by atoms with Gasteiger partial charge < -0.3 is 14.0 Å². The molecule has 1 aliphatic heterocycles. The van der Waals surface area contributed by atoms with Crippen LogP contribution in [0.5, 0.6) is 0 Å². The van der Waals surface area contributed by atoms with Crippen LogP contribution in [-0.2, 0) is 21.9 Å². The van der Waals surface area contributed by atoms with Crippen molar-refractivity contribution in [2.45, 2.75) is 24.9 Å². The Morgan fingerprint density at radius 3 is 3.00 bits per heavy atom. The molecule has 106 valence electrons. The number of carbonyl (C=O) groups is 1. The number of aromatic nitrogens is 2. The molecule has 0 N–H and O–H groups in total. The van der Waals surface area contributed by atoms with Crippen LogP contribution in [0.1, 0.15) is 22.6 Å². The quantitative estimate of drug-likeness (QED) is 0.641. The van der Waals surface area contributed by atoms with Crippen molar-refractivity contribution >= 4 is 28.6 Å². The molecule has 20 heavy (non-hydrogen) atoms. The number of carbonyl (C=O) groups excluding carboxylic acids is 1. The zero-order valence-corrected chi connectivity index (χ0v) is 11.9. The van der Waals surface area contributed by atoms with Crippen molar-refractivity contribution < 1.29 is 14.3 Å². The van der Waals surface area contributed by atoms with E-state index in [1.54, 1.807) is 12.1 Å². The summed E-state index contributed by atoms with van der Waals surface area (Å²) < 4.78 is 12.2. The van der Waals surface area contributed by atoms with E-state index in [1.807, 2.05) is 6.07 Å². The number of halogens is 1. The van der Waals surface area contributed by atoms with Crippen molar-refractivity contribution in [2.24, 2.45) is 0 Å². The Morgan fingerprint density at radius 1 is 1.60 bits per heavy atom. The molecule has 0 spiro atoms. The zero-order chi connectivity index (χ0) is 14.1. The van der Waals surface area contributed by atoms with Gasteiger partial charge in [-0.05, 0) is 24.6 Å². The summed E-state index contributed by atoms with van der Waals surface area (Å²) in [4.78, 5) is 16.0. The number of imidazole rings is 1. The number of hydrogen-bond donors (Lipinski definition) is 0. The van der Waals surface area contributed by atoms with Crippen LogP contribution in [0.25, 0.3) is 11.0 Å². The number of benzene rings is 1. The van der Waals surface area contributed by atoms with Gasteiger partial charge in [-0.1, -0.05) is 0 Å². The molecule has 1 aromatic heterocycles. The predicted molar refractivity (Wildman–Crippen MR) is 75.0 cm³/mol. The molecule has 3 rings (SSSR count). The van der Waals surface area contributed by atoms with Gasteiger partial charge in [-0.25, -0.2) is 9.78 Å². The van der Waals surface area contributed by atoms with Crippen LogP contribution in [0.3, 0.4) is 0 Å². The third-order valence-corrected chi connectivity index (χ3v) is 3.79. The lowest BCUT2D eigenvalue weighted by atomic mass is 10.1. The highest BCUT2D eigenvalue weighted by atomic mass is 35.5. The molecule has 6 heteroatoms. The summed E-state index contributed by atoms with van der Waals surface area (Å²) in [6.45, 7) is 1.57. The minimum Gasteiger partial charge on any atom is -0.465 e. The lowest BCUT2D eigenvalue weighted by molar-refractivity contribution is -0.0589. The second-order valence-corrected chi connectivity index (χ2v) is 5.02. The van der Waals surface area contributed by atoms with Crippen LogP contribution in [0.2, 0.25) is 0 Å². The molecule has 0 bridgehead atoms. The number of alkyl halides is 1. The van der Waals surface area contributed by atoms with Crippen LogP contribution in [0.15, 0.2) is 18.2 Å². The Labute approximate surface area is 121 Å². The molecular weight excluding hydrogens is 280 g/mol. The lowest BCUT2D eigenvalue weighted by Gasteiger charge is -2.27. The largest absolute Gasteiger partial charge is 0.465 e. The highest BCUT2D eigenvalue weighted by molar-refractivity contribution is 6.16. The number of hydrogen-bond acceptors (Lipinski definition) is 4. The van der Waals surface area contributed by atoms with Crippen molar-refractivity contribution in [1.82, 2.24) is 9.55 Å². The number of esters is 1. The molecule has 1 aromatic carbocycles. The van der Waals surface area contributed by atoms with Crippen LogP contribution in [-0.4, -0.2) is 35.3 Å². The fourth-order valence-electron chi connectivity index (χ4n) is 2.36. The maximum Gasteiger partial charge on any atom is 0.337 e. The Hall–Kier alpha value is -1.59. The van der Waals surface area contributed by atoms with E-state index in [-0.39, 0.29) is 12.1 Å². The molecule has 2 heterocycles. The van der Waals surface area contributed by atoms with Crippen molar-refractivity contribution in [3.63, 3.8) is 0 Å². The Kier molecular flexibility index (Phi) is 3.63. The lowest BCUT2D eigenvalue weighted by Crippen LogP contribution is -2.31. The van der Waals surface area contributed by atoms with Crippen molar-refractivity contribution in [3.8, 4) is 0 Å². The first-order valence-electron chi connectivity index (χ1n) is 6.48. The topological polar surface area (TPSA) is 53.3 Å². The molecule has 1 saturated heterocycles. The van der Waals surface area contributed by atoms with Crippen molar-refractivity contribution in [3.05, 3.63) is 29.6 Å². The van der Waals surface area contributed by atoms with Gasteiger partial charge in [0.05, 0.1) is 42.2 Å². The Balaban J connectivity index is 2.01. The fraction of sp³-hybridized carbons (Fsp3) is 0.429. The molecule has 2 aromatic rings. The second-order valence-electron chi connectivity index (χ2n) is 4.75. The highest BCUT2D eigenvalue weighted by Gasteiger charge is 2.21. The molecule has 0 amide bonds. The predicted octanol–water partition coefficient (Wildman–Crippen LogP) is 2.35. The first kappa shape index (κ1) is 13.4. The van der Waals surface area contributed by atoms with E-state index in [9.17, 15) is 4.79 Å². The van der Waals surface area contributed by atoms with E-state index in [2.05, 4.69) is 9.55 Å². The normalized spacial score (nSPS) is 18.0. The van der Waals surface area contributed by atoms with Crippen LogP contribution in [0.4, 0.5) is 0 Å². The van der Waals surface area contributed by atoms with Gasteiger partial charge in [-0.3, -0.25) is 0 Å². The molecule has 1 fully saturated rings. The molecule has 5 nitrogen and oxygen atoms in total. The summed E-state index contributed by atoms with van der Waals surface area (Å²) in [6.07, 6.45) is 1.29. The Morgan fingerprint density at radius 2 is 2.40 bits per heavy atom. The van der Waals surface area contributed by atoms with Crippen molar-refractivity contribution in [2.75, 3.05) is 13.7 Å². The third-order valence-electron chi connectivity index (χ3n) is 3.55. The van der Waals surface area contributed by atoms with Gasteiger partial charge in [0.25, 0.3) is 0 Å². The zero-order valence-electron chi connectivity index (χ0n) is 11.1. The Bertz CT molecular complexity index is 649. The van der Waals surface area contributed by atoms with E-state index in [0.29, 0.717) is 11.4 Å². The van der Waals surface area contributed by atoms with Gasteiger partial charge in [0.15, 0.2) is 0 Å². The van der Waals surface area contributed by atoms with E-state index in [1.165, 1.54) is 7.11 Å². The van der Waals surface area contributed by atoms with E-state index in [0.717, 1.165) is 36.4 Å². The van der Waals surface area contributed by atoms with Gasteiger partial charge in [0.1, 0.15) is 5.82 Å². The molecule has 0 aliphatic carbocycles. The summed E-state index contributed by atoms with van der Waals surface area (Å²) in [7, 11) is 1.36. The summed E-state index contributed by atoms with van der Waals surface area (Å²) in [6, 6.07) is 5.35. The molecule has 1 aliphatic rings. The van der Waals surface area contributed by atoms with Crippen LogP contribution >= 0.6 is 11.6 Å². The first-order valence-corrected chi connectivity index (χ1v) is 7.01. The molecule has 0 radical (unpaired) electrons. The monoisotopic (exact) mass is 294 g/mol. The maximum atomic E-state index is 11.5. The number of fused-ring (bicyclic) bond motifs is 1. The number of nitrogens with zero attached hydrogens (tertiary/aromatic N) is 2. The minimum atomic E-state index is -0.365. The second kappa shape index (κ2) is 5.42. The van der Waals surface area contributed by atoms with E-state index < -0.39 is 0 Å². The van der Waals surface area contributed by atoms with E-state index >= 15 is 0 Å². The summed E-state index contributed by atoms with van der Waals surface area (Å²) in [5.74, 6) is 0.755. The highest BCUT2D eigenvalue weighted by Crippen LogP contribution is 2.23. The van der Waals surface area contributed by atoms with Crippen LogP contribution < -0.4 is 0 Å². The summed E-state index contributed by atoms with van der Waals surface area (Å²) >= 11 is 5.96. The van der Waals surface area contributed by atoms with Crippen molar-refractivity contribution in [1.29, 1.82) is 0 Å². The number of methoxy groups -OCH3 is 1. The molecule has 1 atom stereocenters. The van der Waals surface area contributed by atoms with Gasteiger partial charge >= 0.3 is 5.97 Å². The fourth-order valence-corrected chi connectivity index (χ4v) is 2.57. The SMILES string of the molecule is COC(=O)c1ccc2c(c1)nc(CCl)n2C[C@H]1CCO1. The van der Waals surface area contributed by atoms with Gasteiger partial charge in [-0.2, -0.15) is 0 Å². The standard InChI is InChI=1S/C14H15ClN2O3/c1-19-14(18)9-2-3-12-11(6-9)16-13(7-15)17(12)8-10-4-5-20-10/h2-3,6,10H,4-5,7-8H2,1H3/t10-/m1/s1. The van der Waals surface area contributed by atoms with Crippen LogP contribution in [0, 0.1) is 0 Å². The third kappa shape index (κ3) is 2.27. The van der Waals surface area contributed by atoms with Gasteiger partial charge in [0.2, 0.25) is 0 Å². The summed E-state index contributed by atoms with van der Waals surface area (Å²) in [5, 5.41) is 0. The smallest absolute Gasteiger partial charge is 0.337 e. The number of ether oxygens (including phenoxy) is 2. The minimum absolute atomic E-state index is 0.231. The molecular formula is C14H15ClN2O3. The summed E-state index contributed by atoms with van der Waals surface area (Å²) in [5.41, 5.74) is 2.21. The average molecular weight is 295 g/mol. The first-order chi connectivity index (χ1) is 9.72. The average Bonchev–Trinajstić information content (AvgIpc) is 2.78. The molecule has 0 unspecified atom stereocenters.